The highest BCUT2D eigenvalue weighted by Gasteiger charge is 2.22. The van der Waals surface area contributed by atoms with Crippen LogP contribution in [0.4, 0.5) is 10.5 Å². The highest BCUT2D eigenvalue weighted by atomic mass is 35.5. The number of amides is 2. The fourth-order valence-electron chi connectivity index (χ4n) is 1.79. The number of carboxylic acid groups (broad SMARTS) is 1. The van der Waals surface area contributed by atoms with Crippen molar-refractivity contribution >= 4 is 29.3 Å². The zero-order chi connectivity index (χ0) is 16.1. The third-order valence-corrected chi connectivity index (χ3v) is 3.10. The minimum Gasteiger partial charge on any atom is -0.508 e. The number of hydrogen-bond donors (Lipinski definition) is 4. The predicted octanol–water partition coefficient (Wildman–Crippen LogP) is 2.99. The molecule has 0 fully saturated rings. The highest BCUT2D eigenvalue weighted by molar-refractivity contribution is 6.30. The minimum atomic E-state index is -1.23. The number of nitrogens with one attached hydrogen (secondary N) is 2. The molecular formula is C15H13ClN2O4. The molecule has 0 aliphatic carbocycles. The van der Waals surface area contributed by atoms with Crippen molar-refractivity contribution in [2.75, 3.05) is 5.32 Å². The van der Waals surface area contributed by atoms with Crippen molar-refractivity contribution < 1.29 is 19.8 Å². The molecule has 0 aromatic heterocycles. The largest absolute Gasteiger partial charge is 0.508 e. The third-order valence-electron chi connectivity index (χ3n) is 2.85. The van der Waals surface area contributed by atoms with E-state index in [-0.39, 0.29) is 5.75 Å². The molecule has 0 spiro atoms. The lowest BCUT2D eigenvalue weighted by Crippen LogP contribution is -2.36. The Kier molecular flexibility index (Phi) is 4.85. The van der Waals surface area contributed by atoms with Gasteiger partial charge in [0.05, 0.1) is 0 Å². The first-order valence-electron chi connectivity index (χ1n) is 6.30. The van der Waals surface area contributed by atoms with Gasteiger partial charge < -0.3 is 20.8 Å². The van der Waals surface area contributed by atoms with Crippen LogP contribution in [-0.4, -0.2) is 22.2 Å². The summed E-state index contributed by atoms with van der Waals surface area (Å²) in [6.07, 6.45) is 0. The zero-order valence-corrected chi connectivity index (χ0v) is 12.0. The zero-order valence-electron chi connectivity index (χ0n) is 11.3. The molecule has 4 N–H and O–H groups in total. The second-order valence-corrected chi connectivity index (χ2v) is 4.90. The Bertz CT molecular complexity index is 671. The van der Waals surface area contributed by atoms with Gasteiger partial charge in [0.25, 0.3) is 0 Å². The molecule has 2 rings (SSSR count). The second-order valence-electron chi connectivity index (χ2n) is 4.47. The molecule has 1 atom stereocenters. The number of halogens is 1. The molecule has 0 aliphatic rings. The lowest BCUT2D eigenvalue weighted by Gasteiger charge is -2.15. The van der Waals surface area contributed by atoms with Crippen LogP contribution in [0.1, 0.15) is 11.6 Å². The summed E-state index contributed by atoms with van der Waals surface area (Å²) in [7, 11) is 0. The van der Waals surface area contributed by atoms with E-state index < -0.39 is 18.0 Å². The van der Waals surface area contributed by atoms with Gasteiger partial charge in [0.15, 0.2) is 6.04 Å². The van der Waals surface area contributed by atoms with Crippen molar-refractivity contribution in [1.82, 2.24) is 5.32 Å². The molecule has 0 heterocycles. The number of urea groups is 1. The first kappa shape index (κ1) is 15.7. The van der Waals surface area contributed by atoms with Gasteiger partial charge in [-0.05, 0) is 42.0 Å². The minimum absolute atomic E-state index is 0.0125. The van der Waals surface area contributed by atoms with Gasteiger partial charge in [-0.3, -0.25) is 0 Å². The van der Waals surface area contributed by atoms with E-state index in [9.17, 15) is 19.8 Å². The molecule has 0 saturated carbocycles. The monoisotopic (exact) mass is 320 g/mol. The van der Waals surface area contributed by atoms with Crippen molar-refractivity contribution in [3.8, 4) is 5.75 Å². The molecule has 0 bridgehead atoms. The molecule has 22 heavy (non-hydrogen) atoms. The van der Waals surface area contributed by atoms with E-state index in [4.69, 9.17) is 11.6 Å². The summed E-state index contributed by atoms with van der Waals surface area (Å²) in [6, 6.07) is 10.1. The van der Waals surface area contributed by atoms with E-state index >= 15 is 0 Å². The van der Waals surface area contributed by atoms with Crippen LogP contribution in [-0.2, 0) is 4.79 Å². The van der Waals surface area contributed by atoms with Crippen LogP contribution in [0.15, 0.2) is 48.5 Å². The summed E-state index contributed by atoms with van der Waals surface area (Å²) in [5, 5.41) is 23.8. The van der Waals surface area contributed by atoms with Crippen LogP contribution in [0.5, 0.6) is 5.75 Å². The fourth-order valence-corrected chi connectivity index (χ4v) is 1.91. The van der Waals surface area contributed by atoms with E-state index in [2.05, 4.69) is 10.6 Å². The van der Waals surface area contributed by atoms with Crippen LogP contribution in [0.3, 0.4) is 0 Å². The summed E-state index contributed by atoms with van der Waals surface area (Å²) in [6.45, 7) is 0. The number of hydrogen-bond acceptors (Lipinski definition) is 3. The maximum Gasteiger partial charge on any atom is 0.330 e. The van der Waals surface area contributed by atoms with Crippen molar-refractivity contribution in [3.05, 3.63) is 59.1 Å². The fraction of sp³-hybridized carbons (Fsp3) is 0.0667. The van der Waals surface area contributed by atoms with Gasteiger partial charge in [-0.25, -0.2) is 9.59 Å². The SMILES string of the molecule is O=C(Nc1ccc(Cl)cc1)N[C@@H](C(=O)O)c1ccc(O)cc1. The van der Waals surface area contributed by atoms with Gasteiger partial charge in [-0.2, -0.15) is 0 Å². The Morgan fingerprint density at radius 2 is 1.59 bits per heavy atom. The number of anilines is 1. The molecule has 114 valence electrons. The average Bonchev–Trinajstić information content (AvgIpc) is 2.48. The first-order valence-corrected chi connectivity index (χ1v) is 6.68. The van der Waals surface area contributed by atoms with Gasteiger partial charge in [0, 0.05) is 10.7 Å². The van der Waals surface area contributed by atoms with Crippen LogP contribution in [0.25, 0.3) is 0 Å². The standard InChI is InChI=1S/C15H13ClN2O4/c16-10-3-5-11(6-4-10)17-15(22)18-13(14(20)21)9-1-7-12(19)8-2-9/h1-8,13,19H,(H,20,21)(H2,17,18,22)/t13-/m1/s1. The Morgan fingerprint density at radius 3 is 2.14 bits per heavy atom. The van der Waals surface area contributed by atoms with Gasteiger partial charge in [0.2, 0.25) is 0 Å². The van der Waals surface area contributed by atoms with E-state index in [1.165, 1.54) is 24.3 Å². The number of aliphatic carboxylic acids is 1. The number of aromatic hydroxyl groups is 1. The maximum atomic E-state index is 11.9. The smallest absolute Gasteiger partial charge is 0.330 e. The number of phenols is 1. The summed E-state index contributed by atoms with van der Waals surface area (Å²) < 4.78 is 0. The normalized spacial score (nSPS) is 11.5. The lowest BCUT2D eigenvalue weighted by molar-refractivity contribution is -0.139. The molecule has 0 radical (unpaired) electrons. The summed E-state index contributed by atoms with van der Waals surface area (Å²) in [5.41, 5.74) is 0.827. The summed E-state index contributed by atoms with van der Waals surface area (Å²) >= 11 is 5.74. The summed E-state index contributed by atoms with van der Waals surface area (Å²) in [5.74, 6) is -1.20. The number of phenolic OH excluding ortho intramolecular Hbond substituents is 1. The Hall–Kier alpha value is -2.73. The highest BCUT2D eigenvalue weighted by Crippen LogP contribution is 2.18. The third kappa shape index (κ3) is 4.13. The van der Waals surface area contributed by atoms with Crippen molar-refractivity contribution in [3.63, 3.8) is 0 Å². The van der Waals surface area contributed by atoms with Gasteiger partial charge in [0.1, 0.15) is 5.75 Å². The molecule has 0 saturated heterocycles. The molecular weight excluding hydrogens is 308 g/mol. The van der Waals surface area contributed by atoms with Crippen LogP contribution in [0.2, 0.25) is 5.02 Å². The van der Waals surface area contributed by atoms with E-state index in [1.807, 2.05) is 0 Å². The van der Waals surface area contributed by atoms with Crippen molar-refractivity contribution in [2.45, 2.75) is 6.04 Å². The van der Waals surface area contributed by atoms with Crippen molar-refractivity contribution in [1.29, 1.82) is 0 Å². The summed E-state index contributed by atoms with van der Waals surface area (Å²) in [4.78, 5) is 23.2. The molecule has 2 aromatic carbocycles. The Labute approximate surface area is 131 Å². The number of rotatable bonds is 4. The van der Waals surface area contributed by atoms with E-state index in [0.29, 0.717) is 16.3 Å². The average molecular weight is 321 g/mol. The molecule has 7 heteroatoms. The van der Waals surface area contributed by atoms with Gasteiger partial charge >= 0.3 is 12.0 Å². The maximum absolute atomic E-state index is 11.9. The first-order chi connectivity index (χ1) is 10.5. The molecule has 0 unspecified atom stereocenters. The molecule has 2 aromatic rings. The van der Waals surface area contributed by atoms with E-state index in [0.717, 1.165) is 0 Å². The Balaban J connectivity index is 2.07. The van der Waals surface area contributed by atoms with Crippen LogP contribution >= 0.6 is 11.6 Å². The predicted molar refractivity (Wildman–Crippen MR) is 82.1 cm³/mol. The van der Waals surface area contributed by atoms with Gasteiger partial charge in [-0.1, -0.05) is 23.7 Å². The van der Waals surface area contributed by atoms with Gasteiger partial charge in [-0.15, -0.1) is 0 Å². The van der Waals surface area contributed by atoms with Crippen LogP contribution in [0, 0.1) is 0 Å². The second kappa shape index (κ2) is 6.82. The number of carbonyl (C=O) groups excluding carboxylic acids is 1. The number of benzene rings is 2. The van der Waals surface area contributed by atoms with E-state index in [1.54, 1.807) is 24.3 Å². The van der Waals surface area contributed by atoms with Crippen LogP contribution < -0.4 is 10.6 Å². The molecule has 6 nitrogen and oxygen atoms in total. The van der Waals surface area contributed by atoms with Crippen molar-refractivity contribution in [2.24, 2.45) is 0 Å². The Morgan fingerprint density at radius 1 is 1.00 bits per heavy atom. The number of carboxylic acids is 1. The molecule has 2 amide bonds. The quantitative estimate of drug-likeness (QED) is 0.696. The number of carbonyl (C=O) groups is 2. The lowest BCUT2D eigenvalue weighted by atomic mass is 10.1. The topological polar surface area (TPSA) is 98.7 Å². The molecule has 0 aliphatic heterocycles.